The quantitative estimate of drug-likeness (QED) is 0.680. The van der Waals surface area contributed by atoms with Crippen LogP contribution < -0.4 is 0 Å². The molecule has 1 aromatic rings. The Morgan fingerprint density at radius 1 is 1.00 bits per heavy atom. The molecular weight excluding hydrogens is 300 g/mol. The van der Waals surface area contributed by atoms with Crippen molar-refractivity contribution in [2.45, 2.75) is 38.5 Å². The molecule has 4 saturated carbocycles. The summed E-state index contributed by atoms with van der Waals surface area (Å²) in [5.74, 6) is 10.3. The van der Waals surface area contributed by atoms with Crippen molar-refractivity contribution in [3.05, 3.63) is 22.7 Å². The van der Waals surface area contributed by atoms with Crippen molar-refractivity contribution in [1.82, 2.24) is 9.97 Å². The zero-order valence-corrected chi connectivity index (χ0v) is 12.5. The maximum Gasteiger partial charge on any atom is 0.204 e. The van der Waals surface area contributed by atoms with E-state index in [-0.39, 0.29) is 0 Å². The molecule has 4 bridgehead atoms. The largest absolute Gasteiger partial charge is 0.228 e. The van der Waals surface area contributed by atoms with E-state index in [4.69, 9.17) is 0 Å². The van der Waals surface area contributed by atoms with Crippen LogP contribution in [0.5, 0.6) is 0 Å². The molecule has 0 aromatic carbocycles. The van der Waals surface area contributed by atoms with Crippen LogP contribution in [0.2, 0.25) is 0 Å². The van der Waals surface area contributed by atoms with Gasteiger partial charge in [-0.25, -0.2) is 9.97 Å². The Morgan fingerprint density at radius 3 is 2.05 bits per heavy atom. The van der Waals surface area contributed by atoms with Gasteiger partial charge in [0, 0.05) is 17.8 Å². The molecule has 19 heavy (non-hydrogen) atoms. The summed E-state index contributed by atoms with van der Waals surface area (Å²) in [6, 6.07) is 0. The summed E-state index contributed by atoms with van der Waals surface area (Å²) in [5.41, 5.74) is 0.297. The van der Waals surface area contributed by atoms with Gasteiger partial charge in [0.15, 0.2) is 0 Å². The van der Waals surface area contributed by atoms with Crippen molar-refractivity contribution in [2.24, 2.45) is 23.2 Å². The van der Waals surface area contributed by atoms with Gasteiger partial charge in [0.2, 0.25) is 5.82 Å². The lowest BCUT2D eigenvalue weighted by molar-refractivity contribution is -0.0181. The summed E-state index contributed by atoms with van der Waals surface area (Å²) in [4.78, 5) is 8.53. The number of rotatable bonds is 0. The highest BCUT2D eigenvalue weighted by Gasteiger charge is 2.50. The molecule has 3 heteroatoms. The molecule has 98 valence electrons. The second-order valence-electron chi connectivity index (χ2n) is 6.67. The van der Waals surface area contributed by atoms with E-state index in [0.717, 1.165) is 22.2 Å². The molecule has 1 heterocycles. The zero-order chi connectivity index (χ0) is 12.9. The summed E-state index contributed by atoms with van der Waals surface area (Å²) in [6.45, 7) is 0. The van der Waals surface area contributed by atoms with Crippen molar-refractivity contribution < 1.29 is 0 Å². The van der Waals surface area contributed by atoms with E-state index in [0.29, 0.717) is 11.2 Å². The standard InChI is InChI=1S/C16H17BrN2/c17-14-9-18-15(19-10-14)1-2-16-6-11-3-12(7-16)5-13(4-11)8-16/h9-13H,3-8H2. The van der Waals surface area contributed by atoms with E-state index in [1.807, 2.05) is 0 Å². The van der Waals surface area contributed by atoms with Gasteiger partial charge in [-0.3, -0.25) is 0 Å². The average Bonchev–Trinajstić information content (AvgIpc) is 2.36. The van der Waals surface area contributed by atoms with Gasteiger partial charge < -0.3 is 0 Å². The molecule has 0 atom stereocenters. The van der Waals surface area contributed by atoms with E-state index in [1.165, 1.54) is 38.5 Å². The second-order valence-corrected chi connectivity index (χ2v) is 7.59. The minimum absolute atomic E-state index is 0.297. The van der Waals surface area contributed by atoms with Crippen molar-refractivity contribution in [3.63, 3.8) is 0 Å². The van der Waals surface area contributed by atoms with Gasteiger partial charge in [-0.05, 0) is 78.1 Å². The van der Waals surface area contributed by atoms with Crippen LogP contribution in [0.1, 0.15) is 44.3 Å². The molecule has 0 unspecified atom stereocenters. The highest BCUT2D eigenvalue weighted by atomic mass is 79.9. The lowest BCUT2D eigenvalue weighted by atomic mass is 9.50. The number of hydrogen-bond acceptors (Lipinski definition) is 2. The fourth-order valence-corrected chi connectivity index (χ4v) is 5.03. The summed E-state index contributed by atoms with van der Waals surface area (Å²) in [5, 5.41) is 0. The number of hydrogen-bond donors (Lipinski definition) is 0. The lowest BCUT2D eigenvalue weighted by Gasteiger charge is -2.54. The molecule has 1 aromatic heterocycles. The highest BCUT2D eigenvalue weighted by molar-refractivity contribution is 9.10. The van der Waals surface area contributed by atoms with E-state index < -0.39 is 0 Å². The van der Waals surface area contributed by atoms with Gasteiger partial charge in [-0.2, -0.15) is 0 Å². The molecule has 0 amide bonds. The first-order valence-electron chi connectivity index (χ1n) is 7.21. The molecule has 4 aliphatic rings. The van der Waals surface area contributed by atoms with Gasteiger partial charge >= 0.3 is 0 Å². The maximum absolute atomic E-state index is 4.26. The van der Waals surface area contributed by atoms with Gasteiger partial charge in [0.05, 0.1) is 4.47 Å². The Labute approximate surface area is 122 Å². The predicted octanol–water partition coefficient (Wildman–Crippen LogP) is 3.81. The Balaban J connectivity index is 1.61. The lowest BCUT2D eigenvalue weighted by Crippen LogP contribution is -2.45. The third-order valence-corrected chi connectivity index (χ3v) is 5.51. The zero-order valence-electron chi connectivity index (χ0n) is 10.9. The van der Waals surface area contributed by atoms with Gasteiger partial charge in [0.25, 0.3) is 0 Å². The molecule has 0 radical (unpaired) electrons. The molecule has 0 saturated heterocycles. The molecule has 0 aliphatic heterocycles. The van der Waals surface area contributed by atoms with Gasteiger partial charge in [-0.1, -0.05) is 5.92 Å². The first-order chi connectivity index (χ1) is 9.21. The number of halogens is 1. The molecule has 4 aliphatic carbocycles. The minimum Gasteiger partial charge on any atom is -0.228 e. The van der Waals surface area contributed by atoms with Crippen molar-refractivity contribution in [1.29, 1.82) is 0 Å². The summed E-state index contributed by atoms with van der Waals surface area (Å²) < 4.78 is 0.910. The Hall–Kier alpha value is -0.880. The van der Waals surface area contributed by atoms with Crippen LogP contribution in [0.25, 0.3) is 0 Å². The monoisotopic (exact) mass is 316 g/mol. The molecular formula is C16H17BrN2. The summed E-state index contributed by atoms with van der Waals surface area (Å²) >= 11 is 3.35. The molecule has 2 nitrogen and oxygen atoms in total. The first kappa shape index (κ1) is 11.9. The van der Waals surface area contributed by atoms with Gasteiger partial charge in [0.1, 0.15) is 0 Å². The van der Waals surface area contributed by atoms with Crippen LogP contribution in [0, 0.1) is 35.0 Å². The smallest absolute Gasteiger partial charge is 0.204 e. The third kappa shape index (κ3) is 2.21. The van der Waals surface area contributed by atoms with Crippen molar-refractivity contribution in [2.75, 3.05) is 0 Å². The van der Waals surface area contributed by atoms with E-state index in [1.54, 1.807) is 12.4 Å². The topological polar surface area (TPSA) is 25.8 Å². The fourth-order valence-electron chi connectivity index (χ4n) is 4.83. The SMILES string of the molecule is Brc1cnc(C#CC23CC4CC(CC(C4)C2)C3)nc1. The molecule has 4 fully saturated rings. The van der Waals surface area contributed by atoms with Crippen molar-refractivity contribution in [3.8, 4) is 11.8 Å². The second kappa shape index (κ2) is 4.31. The average molecular weight is 317 g/mol. The molecule has 0 spiro atoms. The van der Waals surface area contributed by atoms with Crippen molar-refractivity contribution >= 4 is 15.9 Å². The number of nitrogens with zero attached hydrogens (tertiary/aromatic N) is 2. The first-order valence-corrected chi connectivity index (χ1v) is 8.01. The third-order valence-electron chi connectivity index (χ3n) is 5.10. The fraction of sp³-hybridized carbons (Fsp3) is 0.625. The van der Waals surface area contributed by atoms with E-state index >= 15 is 0 Å². The highest BCUT2D eigenvalue weighted by Crippen LogP contribution is 2.59. The van der Waals surface area contributed by atoms with Gasteiger partial charge in [-0.15, -0.1) is 0 Å². The molecule has 5 rings (SSSR count). The Kier molecular flexibility index (Phi) is 2.70. The maximum atomic E-state index is 4.26. The minimum atomic E-state index is 0.297. The summed E-state index contributed by atoms with van der Waals surface area (Å²) in [6.07, 6.45) is 11.9. The predicted molar refractivity (Wildman–Crippen MR) is 77.2 cm³/mol. The van der Waals surface area contributed by atoms with Crippen LogP contribution >= 0.6 is 15.9 Å². The molecule has 0 N–H and O–H groups in total. The summed E-state index contributed by atoms with van der Waals surface area (Å²) in [7, 11) is 0. The van der Waals surface area contributed by atoms with Crippen LogP contribution in [-0.4, -0.2) is 9.97 Å². The van der Waals surface area contributed by atoms with E-state index in [9.17, 15) is 0 Å². The normalized spacial score (nSPS) is 38.9. The van der Waals surface area contributed by atoms with Crippen LogP contribution in [0.4, 0.5) is 0 Å². The van der Waals surface area contributed by atoms with Crippen LogP contribution in [0.3, 0.4) is 0 Å². The van der Waals surface area contributed by atoms with Crippen LogP contribution in [0.15, 0.2) is 16.9 Å². The Bertz CT molecular complexity index is 517. The Morgan fingerprint density at radius 2 is 1.53 bits per heavy atom. The van der Waals surface area contributed by atoms with E-state index in [2.05, 4.69) is 37.7 Å². The number of aromatic nitrogens is 2. The van der Waals surface area contributed by atoms with Crippen LogP contribution in [-0.2, 0) is 0 Å².